The molecule has 1 aliphatic rings. The van der Waals surface area contributed by atoms with Crippen LogP contribution in [0.2, 0.25) is 0 Å². The lowest BCUT2D eigenvalue weighted by atomic mass is 9.74. The second-order valence-corrected chi connectivity index (χ2v) is 22.2. The maximum Gasteiger partial charge on any atom is 0.410 e. The van der Waals surface area contributed by atoms with E-state index in [0.29, 0.717) is 64.3 Å². The molecule has 15 nitrogen and oxygen atoms in total. The van der Waals surface area contributed by atoms with Gasteiger partial charge in [-0.25, -0.2) is 19.1 Å². The number of amides is 3. The van der Waals surface area contributed by atoms with Crippen molar-refractivity contribution in [2.24, 2.45) is 21.7 Å². The van der Waals surface area contributed by atoms with Gasteiger partial charge in [0.2, 0.25) is 0 Å². The van der Waals surface area contributed by atoms with Crippen molar-refractivity contribution < 1.29 is 38.5 Å². The van der Waals surface area contributed by atoms with Crippen LogP contribution in [0.1, 0.15) is 136 Å². The van der Waals surface area contributed by atoms with Gasteiger partial charge in [0.25, 0.3) is 0 Å². The largest absolute Gasteiger partial charge is 0.480 e. The van der Waals surface area contributed by atoms with Crippen LogP contribution in [0.25, 0.3) is 0 Å². The van der Waals surface area contributed by atoms with Gasteiger partial charge in [0, 0.05) is 58.9 Å². The van der Waals surface area contributed by atoms with Crippen LogP contribution in [0.3, 0.4) is 0 Å². The van der Waals surface area contributed by atoms with Crippen molar-refractivity contribution in [1.29, 1.82) is 0 Å². The van der Waals surface area contributed by atoms with Crippen molar-refractivity contribution >= 4 is 24.2 Å². The van der Waals surface area contributed by atoms with Crippen LogP contribution in [0.4, 0.5) is 14.4 Å². The zero-order chi connectivity index (χ0) is 44.0. The van der Waals surface area contributed by atoms with Crippen molar-refractivity contribution in [3.63, 3.8) is 0 Å². The molecule has 2 rings (SSSR count). The van der Waals surface area contributed by atoms with Crippen molar-refractivity contribution in [1.82, 2.24) is 34.6 Å². The summed E-state index contributed by atoms with van der Waals surface area (Å²) in [6.07, 6.45) is 1.68. The van der Waals surface area contributed by atoms with Crippen LogP contribution in [-0.4, -0.2) is 133 Å². The lowest BCUT2D eigenvalue weighted by Crippen LogP contribution is -2.51. The minimum Gasteiger partial charge on any atom is -0.480 e. The molecule has 1 fully saturated rings. The van der Waals surface area contributed by atoms with E-state index in [2.05, 4.69) is 70.6 Å². The molecular weight excluding hydrogens is 731 g/mol. The summed E-state index contributed by atoms with van der Waals surface area (Å²) in [6.45, 7) is 36.8. The average Bonchev–Trinajstić information content (AvgIpc) is 3.37. The molecule has 57 heavy (non-hydrogen) atoms. The first kappa shape index (κ1) is 49.5. The molecular formula is C42H77N7O8. The molecule has 1 N–H and O–H groups in total. The SMILES string of the molecule is CC1(C)CN(Cc2cn(CC(=O)O)nn2)CCN(C(=O)OC(C)(C)C)CC(C)(C)CC(C)(C)CN(C(=O)OC(C)(C)C)CCN(C(=O)OC(C)(C)C)CC(C)(C)C1. The number of nitrogens with zero attached hydrogens (tertiary/aromatic N) is 7. The molecule has 0 radical (unpaired) electrons. The predicted molar refractivity (Wildman–Crippen MR) is 221 cm³/mol. The molecule has 0 spiro atoms. The third-order valence-electron chi connectivity index (χ3n) is 8.97. The summed E-state index contributed by atoms with van der Waals surface area (Å²) in [5.74, 6) is -1.01. The minimum atomic E-state index is -1.01. The van der Waals surface area contributed by atoms with Crippen molar-refractivity contribution in [2.45, 2.75) is 160 Å². The summed E-state index contributed by atoms with van der Waals surface area (Å²) in [5, 5.41) is 17.6. The molecule has 0 bridgehead atoms. The highest BCUT2D eigenvalue weighted by molar-refractivity contribution is 5.70. The Hall–Kier alpha value is -3.62. The number of carbonyl (C=O) groups is 4. The smallest absolute Gasteiger partial charge is 0.410 e. The fourth-order valence-electron chi connectivity index (χ4n) is 8.23. The number of ether oxygens (including phenoxy) is 3. The van der Waals surface area contributed by atoms with E-state index in [9.17, 15) is 24.3 Å². The van der Waals surface area contributed by atoms with E-state index in [0.717, 1.165) is 0 Å². The highest BCUT2D eigenvalue weighted by atomic mass is 16.6. The van der Waals surface area contributed by atoms with Gasteiger partial charge in [-0.1, -0.05) is 60.6 Å². The van der Waals surface area contributed by atoms with Gasteiger partial charge in [0.05, 0.1) is 11.9 Å². The molecule has 15 heteroatoms. The summed E-state index contributed by atoms with van der Waals surface area (Å²) < 4.78 is 19.1. The summed E-state index contributed by atoms with van der Waals surface area (Å²) >= 11 is 0. The molecule has 328 valence electrons. The quantitative estimate of drug-likeness (QED) is 0.296. The molecule has 3 amide bonds. The van der Waals surface area contributed by atoms with Gasteiger partial charge in [0.1, 0.15) is 23.3 Å². The predicted octanol–water partition coefficient (Wildman–Crippen LogP) is 7.77. The average molecular weight is 808 g/mol. The standard InChI is InChI=1S/C42H77N7O8/c1-36(2,3)55-33(52)46-19-18-45(22-31-23-49(44-43-31)24-32(50)51)27-39(10,11)25-40(12,13)29-47(34(53)56-37(4,5)6)20-21-48(35(54)57-38(7,8)9)30-42(16,17)26-41(14,15)28-46/h23H,18-22,24-30H2,1-17H3,(H,50,51). The van der Waals surface area contributed by atoms with Crippen LogP contribution in [0.5, 0.6) is 0 Å². The van der Waals surface area contributed by atoms with E-state index in [1.165, 1.54) is 4.68 Å². The number of aromatic nitrogens is 3. The summed E-state index contributed by atoms with van der Waals surface area (Å²) in [7, 11) is 0. The lowest BCUT2D eigenvalue weighted by molar-refractivity contribution is -0.137. The molecule has 1 saturated heterocycles. The van der Waals surface area contributed by atoms with Crippen LogP contribution in [0.15, 0.2) is 6.20 Å². The Bertz CT molecular complexity index is 1510. The first-order chi connectivity index (χ1) is 25.5. The Morgan fingerprint density at radius 3 is 1.26 bits per heavy atom. The lowest BCUT2D eigenvalue weighted by Gasteiger charge is -2.43. The van der Waals surface area contributed by atoms with Gasteiger partial charge in [0.15, 0.2) is 0 Å². The third kappa shape index (κ3) is 19.6. The topological polar surface area (TPSA) is 160 Å². The highest BCUT2D eigenvalue weighted by Crippen LogP contribution is 2.38. The van der Waals surface area contributed by atoms with E-state index in [1.54, 1.807) is 20.9 Å². The Morgan fingerprint density at radius 1 is 0.596 bits per heavy atom. The highest BCUT2D eigenvalue weighted by Gasteiger charge is 2.39. The van der Waals surface area contributed by atoms with Gasteiger partial charge < -0.3 is 34.0 Å². The zero-order valence-corrected chi connectivity index (χ0v) is 38.5. The monoisotopic (exact) mass is 808 g/mol. The normalized spacial score (nSPS) is 20.5. The van der Waals surface area contributed by atoms with E-state index in [-0.39, 0.29) is 25.0 Å². The van der Waals surface area contributed by atoms with Crippen LogP contribution in [-0.2, 0) is 32.1 Å². The van der Waals surface area contributed by atoms with Crippen molar-refractivity contribution in [3.05, 3.63) is 11.9 Å². The van der Waals surface area contributed by atoms with E-state index >= 15 is 0 Å². The van der Waals surface area contributed by atoms with E-state index < -0.39 is 57.3 Å². The van der Waals surface area contributed by atoms with Crippen LogP contribution >= 0.6 is 0 Å². The summed E-state index contributed by atoms with van der Waals surface area (Å²) in [5.41, 5.74) is -3.08. The first-order valence-corrected chi connectivity index (χ1v) is 20.3. The number of hydrogen-bond donors (Lipinski definition) is 1. The van der Waals surface area contributed by atoms with Crippen molar-refractivity contribution in [2.75, 3.05) is 52.4 Å². The maximum absolute atomic E-state index is 13.9. The second-order valence-electron chi connectivity index (χ2n) is 22.2. The van der Waals surface area contributed by atoms with Gasteiger partial charge in [-0.2, -0.15) is 0 Å². The fourth-order valence-corrected chi connectivity index (χ4v) is 8.23. The van der Waals surface area contributed by atoms with E-state index in [1.807, 2.05) is 62.3 Å². The number of carboxylic acids is 1. The molecule has 1 aromatic rings. The second kappa shape index (κ2) is 18.5. The number of carboxylic acid groups (broad SMARTS) is 1. The summed E-state index contributed by atoms with van der Waals surface area (Å²) in [6, 6.07) is 0. The van der Waals surface area contributed by atoms with Crippen LogP contribution < -0.4 is 0 Å². The Morgan fingerprint density at radius 2 is 0.930 bits per heavy atom. The van der Waals surface area contributed by atoms with Gasteiger partial charge in [-0.05, 0) is 96.8 Å². The number of rotatable bonds is 4. The van der Waals surface area contributed by atoms with Gasteiger partial charge in [-0.3, -0.25) is 9.69 Å². The fraction of sp³-hybridized carbons (Fsp3) is 0.857. The van der Waals surface area contributed by atoms with Gasteiger partial charge >= 0.3 is 24.2 Å². The Labute approximate surface area is 343 Å². The molecule has 1 aliphatic heterocycles. The zero-order valence-electron chi connectivity index (χ0n) is 38.5. The molecule has 0 aromatic carbocycles. The number of hydrogen-bond acceptors (Lipinski definition) is 10. The van der Waals surface area contributed by atoms with Crippen LogP contribution in [0, 0.1) is 21.7 Å². The molecule has 1 aromatic heterocycles. The molecule has 2 heterocycles. The third-order valence-corrected chi connectivity index (χ3v) is 8.97. The first-order valence-electron chi connectivity index (χ1n) is 20.3. The summed E-state index contributed by atoms with van der Waals surface area (Å²) in [4.78, 5) is 60.4. The Balaban J connectivity index is 2.69. The molecule has 0 saturated carbocycles. The maximum atomic E-state index is 13.9. The number of carbonyl (C=O) groups excluding carboxylic acids is 3. The van der Waals surface area contributed by atoms with E-state index in [4.69, 9.17) is 14.2 Å². The Kier molecular flexibility index (Phi) is 16.1. The molecule has 0 aliphatic carbocycles. The number of aliphatic carboxylic acids is 1. The van der Waals surface area contributed by atoms with Gasteiger partial charge in [-0.15, -0.1) is 5.10 Å². The minimum absolute atomic E-state index is 0.234. The molecule has 0 unspecified atom stereocenters. The molecule has 0 atom stereocenters. The van der Waals surface area contributed by atoms with Crippen molar-refractivity contribution in [3.8, 4) is 0 Å².